The van der Waals surface area contributed by atoms with Gasteiger partial charge >= 0.3 is 5.03 Å². The summed E-state index contributed by atoms with van der Waals surface area (Å²) in [6.07, 6.45) is 0. The zero-order chi connectivity index (χ0) is 6.85. The molecule has 0 aromatic heterocycles. The van der Waals surface area contributed by atoms with Gasteiger partial charge in [0.25, 0.3) is 0 Å². The maximum Gasteiger partial charge on any atom is 0.316 e. The summed E-state index contributed by atoms with van der Waals surface area (Å²) in [4.78, 5) is 14.4. The number of rotatable bonds is 1. The van der Waals surface area contributed by atoms with Gasteiger partial charge in [0, 0.05) is 6.92 Å². The smallest absolute Gasteiger partial charge is 0.293 e. The molecule has 0 saturated heterocycles. The molecule has 0 aliphatic carbocycles. The third-order valence-electron chi connectivity index (χ3n) is 0.912. The molecule has 1 rings (SSSR count). The van der Waals surface area contributed by atoms with Crippen LogP contribution in [0.2, 0.25) is 0 Å². The minimum Gasteiger partial charge on any atom is -0.293 e. The van der Waals surface area contributed by atoms with E-state index in [2.05, 4.69) is 11.6 Å². The van der Waals surface area contributed by atoms with E-state index >= 15 is 0 Å². The average Bonchev–Trinajstić information content (AvgIpc) is 2.14. The Kier molecular flexibility index (Phi) is 1.53. The first-order valence-corrected chi connectivity index (χ1v) is 3.36. The van der Waals surface area contributed by atoms with Gasteiger partial charge in [0.15, 0.2) is 11.5 Å². The van der Waals surface area contributed by atoms with E-state index in [9.17, 15) is 4.79 Å². The molecule has 1 aliphatic heterocycles. The Balaban J connectivity index is 2.88. The van der Waals surface area contributed by atoms with Crippen LogP contribution in [0.25, 0.3) is 0 Å². The fourth-order valence-electron chi connectivity index (χ4n) is 0.473. The van der Waals surface area contributed by atoms with Gasteiger partial charge in [0.05, 0.1) is 0 Å². The molecule has 1 aliphatic rings. The molecule has 0 amide bonds. The molecular weight excluding hydrogens is 134 g/mol. The Morgan fingerprint density at radius 2 is 2.56 bits per heavy atom. The second kappa shape index (κ2) is 2.19. The van der Waals surface area contributed by atoms with Crippen molar-refractivity contribution in [2.45, 2.75) is 6.92 Å². The molecule has 0 N–H and O–H groups in total. The molecule has 1 heterocycles. The van der Waals surface area contributed by atoms with E-state index in [1.54, 1.807) is 5.37 Å². The highest BCUT2D eigenvalue weighted by Gasteiger charge is 2.18. The summed E-state index contributed by atoms with van der Waals surface area (Å²) < 4.78 is 0. The van der Waals surface area contributed by atoms with E-state index in [0.717, 1.165) is 0 Å². The molecule has 0 aromatic rings. The van der Waals surface area contributed by atoms with Crippen LogP contribution in [0.4, 0.5) is 0 Å². The summed E-state index contributed by atoms with van der Waals surface area (Å²) in [5.41, 5.74) is 0.519. The number of nitrogens with zero attached hydrogens (tertiary/aromatic N) is 1. The van der Waals surface area contributed by atoms with Gasteiger partial charge in [-0.25, -0.2) is 0 Å². The third kappa shape index (κ3) is 1.29. The standard InChI is InChI=1S/C6H6NOS/c1-4(8)6-3-9-5(2)7-6/h3H,2H2,1H3/q+1. The molecule has 0 bridgehead atoms. The number of Topliss-reactive ketones (excluding diaryl/α,β-unsaturated/α-hetero) is 1. The number of ketones is 1. The largest absolute Gasteiger partial charge is 0.316 e. The summed E-state index contributed by atoms with van der Waals surface area (Å²) in [6, 6.07) is 0. The Bertz CT molecular complexity index is 227. The van der Waals surface area contributed by atoms with Crippen molar-refractivity contribution >= 4 is 28.2 Å². The summed E-state index contributed by atoms with van der Waals surface area (Å²) in [7, 11) is 0. The lowest BCUT2D eigenvalue weighted by molar-refractivity contribution is -0.110. The SMILES string of the molecule is C=C1N=C(C(C)=O)C=[S+]1. The van der Waals surface area contributed by atoms with Gasteiger partial charge in [0.2, 0.25) is 16.7 Å². The molecule has 3 heteroatoms. The quantitative estimate of drug-likeness (QED) is 0.382. The molecule has 0 spiro atoms. The van der Waals surface area contributed by atoms with Crippen molar-refractivity contribution in [2.75, 3.05) is 0 Å². The lowest BCUT2D eigenvalue weighted by Crippen LogP contribution is -2.07. The van der Waals surface area contributed by atoms with Gasteiger partial charge in [-0.3, -0.25) is 4.79 Å². The highest BCUT2D eigenvalue weighted by atomic mass is 32.1. The Labute approximate surface area is 57.3 Å². The number of carbonyl (C=O) groups is 1. The van der Waals surface area contributed by atoms with Crippen LogP contribution in [0.15, 0.2) is 16.6 Å². The molecule has 2 nitrogen and oxygen atoms in total. The van der Waals surface area contributed by atoms with Crippen molar-refractivity contribution in [3.63, 3.8) is 0 Å². The van der Waals surface area contributed by atoms with Gasteiger partial charge in [-0.1, -0.05) is 0 Å². The van der Waals surface area contributed by atoms with Gasteiger partial charge in [-0.05, 0) is 6.58 Å². The second-order valence-corrected chi connectivity index (χ2v) is 2.63. The monoisotopic (exact) mass is 140 g/mol. The lowest BCUT2D eigenvalue weighted by atomic mass is 10.3. The van der Waals surface area contributed by atoms with Crippen molar-refractivity contribution in [1.82, 2.24) is 0 Å². The lowest BCUT2D eigenvalue weighted by Gasteiger charge is -1.77. The molecule has 46 valence electrons. The molecule has 0 radical (unpaired) electrons. The van der Waals surface area contributed by atoms with E-state index in [0.29, 0.717) is 10.7 Å². The van der Waals surface area contributed by atoms with Crippen molar-refractivity contribution in [3.8, 4) is 0 Å². The number of hydrogen-bond acceptors (Lipinski definition) is 2. The Morgan fingerprint density at radius 1 is 1.89 bits per heavy atom. The fraction of sp³-hybridized carbons (Fsp3) is 0.167. The van der Waals surface area contributed by atoms with E-state index in [1.807, 2.05) is 0 Å². The van der Waals surface area contributed by atoms with Gasteiger partial charge in [-0.2, -0.15) is 4.99 Å². The van der Waals surface area contributed by atoms with Gasteiger partial charge in [0.1, 0.15) is 0 Å². The molecule has 0 fully saturated rings. The highest BCUT2D eigenvalue weighted by molar-refractivity contribution is 7.83. The molecule has 0 aromatic carbocycles. The van der Waals surface area contributed by atoms with Crippen molar-refractivity contribution in [3.05, 3.63) is 11.6 Å². The van der Waals surface area contributed by atoms with E-state index in [4.69, 9.17) is 0 Å². The maximum atomic E-state index is 10.6. The predicted octanol–water partition coefficient (Wildman–Crippen LogP) is 0.386. The normalized spacial score (nSPS) is 16.1. The van der Waals surface area contributed by atoms with Gasteiger partial charge < -0.3 is 0 Å². The average molecular weight is 140 g/mol. The number of aliphatic imine (C=N–C) groups is 1. The second-order valence-electron chi connectivity index (χ2n) is 1.68. The third-order valence-corrected chi connectivity index (χ3v) is 1.62. The van der Waals surface area contributed by atoms with Crippen molar-refractivity contribution in [2.24, 2.45) is 4.99 Å². The van der Waals surface area contributed by atoms with E-state index in [-0.39, 0.29) is 5.78 Å². The molecule has 0 unspecified atom stereocenters. The van der Waals surface area contributed by atoms with Crippen LogP contribution in [-0.2, 0) is 16.1 Å². The van der Waals surface area contributed by atoms with Crippen LogP contribution in [0.1, 0.15) is 6.92 Å². The van der Waals surface area contributed by atoms with Crippen LogP contribution in [0.5, 0.6) is 0 Å². The minimum absolute atomic E-state index is 0.00106. The first-order chi connectivity index (χ1) is 4.20. The van der Waals surface area contributed by atoms with Crippen molar-refractivity contribution in [1.29, 1.82) is 0 Å². The summed E-state index contributed by atoms with van der Waals surface area (Å²) in [5.74, 6) is 0.00106. The Hall–Kier alpha value is -0.830. The summed E-state index contributed by atoms with van der Waals surface area (Å²) >= 11 is 1.39. The molecular formula is C6H6NOS+. The molecule has 0 atom stereocenters. The van der Waals surface area contributed by atoms with Crippen LogP contribution in [0.3, 0.4) is 0 Å². The van der Waals surface area contributed by atoms with E-state index in [1.165, 1.54) is 18.3 Å². The highest BCUT2D eigenvalue weighted by Crippen LogP contribution is 1.98. The Morgan fingerprint density at radius 3 is 2.78 bits per heavy atom. The first-order valence-electron chi connectivity index (χ1n) is 2.48. The van der Waals surface area contributed by atoms with Crippen LogP contribution in [-0.4, -0.2) is 16.9 Å². The topological polar surface area (TPSA) is 29.4 Å². The van der Waals surface area contributed by atoms with E-state index < -0.39 is 0 Å². The molecule has 0 saturated carbocycles. The zero-order valence-electron chi connectivity index (χ0n) is 5.05. The molecule has 9 heavy (non-hydrogen) atoms. The van der Waals surface area contributed by atoms with Gasteiger partial charge in [-0.15, -0.1) is 0 Å². The first kappa shape index (κ1) is 6.29. The summed E-state index contributed by atoms with van der Waals surface area (Å²) in [6.45, 7) is 5.07. The predicted molar refractivity (Wildman–Crippen MR) is 40.7 cm³/mol. The van der Waals surface area contributed by atoms with Crippen LogP contribution < -0.4 is 0 Å². The van der Waals surface area contributed by atoms with Crippen LogP contribution >= 0.6 is 0 Å². The summed E-state index contributed by atoms with van der Waals surface area (Å²) in [5, 5.41) is 2.41. The zero-order valence-corrected chi connectivity index (χ0v) is 5.86. The number of carbonyl (C=O) groups excluding carboxylic acids is 1. The number of hydrogen-bond donors (Lipinski definition) is 0. The maximum absolute atomic E-state index is 10.6. The fourth-order valence-corrected chi connectivity index (χ4v) is 1.09. The van der Waals surface area contributed by atoms with Crippen molar-refractivity contribution < 1.29 is 4.79 Å². The van der Waals surface area contributed by atoms with Crippen LogP contribution in [0, 0.1) is 0 Å². The minimum atomic E-state index is 0.00106.